The number of aldehydes is 1. The zero-order valence-corrected chi connectivity index (χ0v) is 21.5. The minimum Gasteiger partial charge on any atom is -0.405 e. The van der Waals surface area contributed by atoms with Crippen LogP contribution >= 0.6 is 0 Å². The molecule has 33 heavy (non-hydrogen) atoms. The Hall–Kier alpha value is -1.79. The summed E-state index contributed by atoms with van der Waals surface area (Å²) in [6.07, 6.45) is 4.95. The summed E-state index contributed by atoms with van der Waals surface area (Å²) in [5.41, 5.74) is 0. The lowest BCUT2D eigenvalue weighted by Gasteiger charge is -2.49. The summed E-state index contributed by atoms with van der Waals surface area (Å²) in [6.45, 7) is 9.65. The van der Waals surface area contributed by atoms with Crippen molar-refractivity contribution in [3.8, 4) is 0 Å². The van der Waals surface area contributed by atoms with Crippen LogP contribution in [0, 0.1) is 5.92 Å². The van der Waals surface area contributed by atoms with Gasteiger partial charge >= 0.3 is 0 Å². The van der Waals surface area contributed by atoms with Gasteiger partial charge in [0.25, 0.3) is 8.32 Å². The highest BCUT2D eigenvalue weighted by Gasteiger charge is 2.52. The van der Waals surface area contributed by atoms with Gasteiger partial charge in [0.15, 0.2) is 5.79 Å². The SMILES string of the molecule is C[C@H]1CC[C@]2(CCC[C@@H](C=O)O2)O[C@@H]1CO[Si](c1ccccc1)(c1ccccc1)C(C)(C)C. The fraction of sp³-hybridized carbons (Fsp3) is 0.536. The summed E-state index contributed by atoms with van der Waals surface area (Å²) in [4.78, 5) is 11.4. The Bertz CT molecular complexity index is 871. The van der Waals surface area contributed by atoms with Gasteiger partial charge in [-0.2, -0.15) is 0 Å². The van der Waals surface area contributed by atoms with Crippen molar-refractivity contribution >= 4 is 25.0 Å². The Morgan fingerprint density at radius 1 is 0.970 bits per heavy atom. The highest BCUT2D eigenvalue weighted by molar-refractivity contribution is 6.99. The van der Waals surface area contributed by atoms with Crippen LogP contribution in [0.5, 0.6) is 0 Å². The lowest BCUT2D eigenvalue weighted by atomic mass is 9.88. The van der Waals surface area contributed by atoms with Gasteiger partial charge < -0.3 is 18.7 Å². The zero-order valence-electron chi connectivity index (χ0n) is 20.5. The molecule has 5 heteroatoms. The van der Waals surface area contributed by atoms with E-state index in [1.165, 1.54) is 10.4 Å². The molecule has 1 spiro atoms. The van der Waals surface area contributed by atoms with Crippen molar-refractivity contribution in [2.45, 2.75) is 82.8 Å². The number of hydrogen-bond acceptors (Lipinski definition) is 4. The second-order valence-corrected chi connectivity index (χ2v) is 15.0. The van der Waals surface area contributed by atoms with Crippen LogP contribution in [0.25, 0.3) is 0 Å². The first-order chi connectivity index (χ1) is 15.8. The van der Waals surface area contributed by atoms with E-state index in [-0.39, 0.29) is 17.2 Å². The molecule has 2 heterocycles. The average molecular weight is 467 g/mol. The molecule has 0 aliphatic carbocycles. The van der Waals surface area contributed by atoms with Gasteiger partial charge in [-0.15, -0.1) is 0 Å². The number of ether oxygens (including phenoxy) is 2. The van der Waals surface area contributed by atoms with Crippen LogP contribution in [-0.4, -0.2) is 39.2 Å². The second-order valence-electron chi connectivity index (χ2n) is 10.7. The Labute approximate surface area is 199 Å². The highest BCUT2D eigenvalue weighted by Crippen LogP contribution is 2.42. The summed E-state index contributed by atoms with van der Waals surface area (Å²) in [7, 11) is -2.62. The lowest BCUT2D eigenvalue weighted by Crippen LogP contribution is -2.67. The standard InChI is InChI=1S/C28H38O4Si/c1-22-17-19-28(18-11-12-23(20-29)31-28)32-26(22)21-30-33(27(2,3)4,24-13-7-5-8-14-24)25-15-9-6-10-16-25/h5-10,13-16,20,22-23,26H,11-12,17-19,21H2,1-4H3/t22-,23-,26+,28-/m0/s1. The van der Waals surface area contributed by atoms with E-state index in [2.05, 4.69) is 88.4 Å². The largest absolute Gasteiger partial charge is 0.405 e. The number of benzene rings is 2. The molecular formula is C28H38O4Si. The van der Waals surface area contributed by atoms with Gasteiger partial charge in [-0.25, -0.2) is 0 Å². The second kappa shape index (κ2) is 9.83. The van der Waals surface area contributed by atoms with E-state index >= 15 is 0 Å². The van der Waals surface area contributed by atoms with Gasteiger partial charge in [-0.3, -0.25) is 0 Å². The molecule has 0 saturated carbocycles. The van der Waals surface area contributed by atoms with Gasteiger partial charge in [0.2, 0.25) is 0 Å². The summed E-state index contributed by atoms with van der Waals surface area (Å²) in [6, 6.07) is 21.4. The molecule has 2 aromatic rings. The number of hydrogen-bond donors (Lipinski definition) is 0. The Kier molecular flexibility index (Phi) is 7.25. The Morgan fingerprint density at radius 3 is 2.12 bits per heavy atom. The quantitative estimate of drug-likeness (QED) is 0.451. The van der Waals surface area contributed by atoms with Crippen molar-refractivity contribution in [1.82, 2.24) is 0 Å². The molecule has 4 atom stereocenters. The van der Waals surface area contributed by atoms with Crippen LogP contribution in [0.3, 0.4) is 0 Å². The molecule has 2 aliphatic heterocycles. The fourth-order valence-corrected chi connectivity index (χ4v) is 10.2. The van der Waals surface area contributed by atoms with E-state index in [0.29, 0.717) is 12.5 Å². The van der Waals surface area contributed by atoms with Crippen LogP contribution in [0.1, 0.15) is 59.8 Å². The molecule has 4 rings (SSSR count). The minimum atomic E-state index is -2.62. The first-order valence-electron chi connectivity index (χ1n) is 12.4. The topological polar surface area (TPSA) is 44.8 Å². The predicted molar refractivity (Wildman–Crippen MR) is 134 cm³/mol. The van der Waals surface area contributed by atoms with E-state index in [9.17, 15) is 4.79 Å². The summed E-state index contributed by atoms with van der Waals surface area (Å²) in [5.74, 6) is -0.274. The van der Waals surface area contributed by atoms with Crippen LogP contribution in [0.4, 0.5) is 0 Å². The van der Waals surface area contributed by atoms with Crippen molar-refractivity contribution in [2.75, 3.05) is 6.61 Å². The average Bonchev–Trinajstić information content (AvgIpc) is 2.82. The first kappa shape index (κ1) is 24.3. The van der Waals surface area contributed by atoms with Crippen LogP contribution in [0.15, 0.2) is 60.7 Å². The van der Waals surface area contributed by atoms with E-state index in [0.717, 1.165) is 38.4 Å². The fourth-order valence-electron chi connectivity index (χ4n) is 5.58. The van der Waals surface area contributed by atoms with Gasteiger partial charge in [0.1, 0.15) is 12.4 Å². The minimum absolute atomic E-state index is 0.0641. The van der Waals surface area contributed by atoms with Gasteiger partial charge in [0, 0.05) is 12.8 Å². The van der Waals surface area contributed by atoms with Crippen molar-refractivity contribution < 1.29 is 18.7 Å². The number of rotatable bonds is 6. The molecular weight excluding hydrogens is 428 g/mol. The summed E-state index contributed by atoms with van der Waals surface area (Å²) in [5, 5.41) is 2.48. The van der Waals surface area contributed by atoms with Gasteiger partial charge in [0.05, 0.1) is 12.7 Å². The van der Waals surface area contributed by atoms with Crippen molar-refractivity contribution in [3.63, 3.8) is 0 Å². The third kappa shape index (κ3) is 4.88. The summed E-state index contributed by atoms with van der Waals surface area (Å²) < 4.78 is 20.0. The predicted octanol–water partition coefficient (Wildman–Crippen LogP) is 4.84. The molecule has 4 nitrogen and oxygen atoms in total. The van der Waals surface area contributed by atoms with E-state index in [1.54, 1.807) is 0 Å². The maximum absolute atomic E-state index is 11.4. The van der Waals surface area contributed by atoms with E-state index in [1.807, 2.05) is 0 Å². The molecule has 0 amide bonds. The highest BCUT2D eigenvalue weighted by atomic mass is 28.4. The third-order valence-corrected chi connectivity index (χ3v) is 12.4. The van der Waals surface area contributed by atoms with E-state index < -0.39 is 14.1 Å². The molecule has 2 aromatic carbocycles. The van der Waals surface area contributed by atoms with Gasteiger partial charge in [-0.05, 0) is 40.6 Å². The smallest absolute Gasteiger partial charge is 0.261 e. The summed E-state index contributed by atoms with van der Waals surface area (Å²) >= 11 is 0. The Morgan fingerprint density at radius 2 is 1.58 bits per heavy atom. The molecule has 0 bridgehead atoms. The van der Waals surface area contributed by atoms with Crippen molar-refractivity contribution in [2.24, 2.45) is 5.92 Å². The lowest BCUT2D eigenvalue weighted by molar-refractivity contribution is -0.319. The van der Waals surface area contributed by atoms with E-state index in [4.69, 9.17) is 13.9 Å². The van der Waals surface area contributed by atoms with Crippen molar-refractivity contribution in [3.05, 3.63) is 60.7 Å². The molecule has 2 fully saturated rings. The third-order valence-electron chi connectivity index (χ3n) is 7.43. The van der Waals surface area contributed by atoms with Crippen LogP contribution in [0.2, 0.25) is 5.04 Å². The molecule has 0 unspecified atom stereocenters. The Balaban J connectivity index is 1.65. The maximum atomic E-state index is 11.4. The monoisotopic (exact) mass is 466 g/mol. The molecule has 0 aromatic heterocycles. The molecule has 2 aliphatic rings. The molecule has 0 radical (unpaired) electrons. The maximum Gasteiger partial charge on any atom is 0.261 e. The molecule has 2 saturated heterocycles. The van der Waals surface area contributed by atoms with Crippen molar-refractivity contribution in [1.29, 1.82) is 0 Å². The van der Waals surface area contributed by atoms with Crippen LogP contribution < -0.4 is 10.4 Å². The first-order valence-corrected chi connectivity index (χ1v) is 14.3. The molecule has 178 valence electrons. The van der Waals surface area contributed by atoms with Crippen LogP contribution in [-0.2, 0) is 18.7 Å². The molecule has 0 N–H and O–H groups in total. The zero-order chi connectivity index (χ0) is 23.5. The number of carbonyl (C=O) groups is 1. The normalized spacial score (nSPS) is 28.5. The number of carbonyl (C=O) groups excluding carboxylic acids is 1. The van der Waals surface area contributed by atoms with Gasteiger partial charge in [-0.1, -0.05) is 88.4 Å².